The van der Waals surface area contributed by atoms with Gasteiger partial charge in [0, 0.05) is 6.20 Å². The Morgan fingerprint density at radius 1 is 0.966 bits per heavy atom. The summed E-state index contributed by atoms with van der Waals surface area (Å²) < 4.78 is 5.73. The van der Waals surface area contributed by atoms with Crippen LogP contribution in [0.4, 0.5) is 5.69 Å². The molecule has 1 aromatic heterocycles. The summed E-state index contributed by atoms with van der Waals surface area (Å²) in [6.45, 7) is 2.16. The molecule has 0 aliphatic rings. The lowest BCUT2D eigenvalue weighted by Crippen LogP contribution is -2.32. The Hall–Kier alpha value is -3.87. The Labute approximate surface area is 167 Å². The summed E-state index contributed by atoms with van der Waals surface area (Å²) in [5.74, 6) is -1.24. The van der Waals surface area contributed by atoms with Crippen LogP contribution in [0.2, 0.25) is 0 Å². The minimum atomic E-state index is -0.653. The van der Waals surface area contributed by atoms with Crippen molar-refractivity contribution in [2.45, 2.75) is 13.5 Å². The highest BCUT2D eigenvalue weighted by molar-refractivity contribution is 6.07. The number of para-hydroxylation sites is 1. The largest absolute Gasteiger partial charge is 0.465 e. The highest BCUT2D eigenvalue weighted by atomic mass is 16.7. The lowest BCUT2D eigenvalue weighted by Gasteiger charge is -2.12. The predicted octanol–water partition coefficient (Wildman–Crippen LogP) is 2.82. The molecule has 29 heavy (non-hydrogen) atoms. The van der Waals surface area contributed by atoms with Gasteiger partial charge in [-0.05, 0) is 36.8 Å². The van der Waals surface area contributed by atoms with Crippen molar-refractivity contribution in [1.29, 1.82) is 0 Å². The molecule has 148 valence electrons. The number of hydrogen-bond donors (Lipinski definition) is 1. The van der Waals surface area contributed by atoms with E-state index in [0.29, 0.717) is 0 Å². The molecule has 3 rings (SSSR count). The summed E-state index contributed by atoms with van der Waals surface area (Å²) in [5, 5.41) is 2.58. The van der Waals surface area contributed by atoms with Crippen molar-refractivity contribution >= 4 is 17.6 Å². The van der Waals surface area contributed by atoms with E-state index in [0.717, 1.165) is 15.9 Å². The van der Waals surface area contributed by atoms with Crippen molar-refractivity contribution < 1.29 is 19.2 Å². The number of amides is 1. The number of ether oxygens (including phenoxy) is 1. The number of anilines is 1. The number of rotatable bonds is 6. The molecule has 0 unspecified atom stereocenters. The average Bonchev–Trinajstić information content (AvgIpc) is 2.74. The Balaban J connectivity index is 1.79. The number of hydrogen-bond acceptors (Lipinski definition) is 5. The van der Waals surface area contributed by atoms with E-state index >= 15 is 0 Å². The number of aryl methyl sites for hydroxylation is 1. The quantitative estimate of drug-likeness (QED) is 0.652. The van der Waals surface area contributed by atoms with E-state index in [9.17, 15) is 14.4 Å². The van der Waals surface area contributed by atoms with Crippen LogP contribution in [0.5, 0.6) is 0 Å². The third-order valence-corrected chi connectivity index (χ3v) is 4.23. The first-order chi connectivity index (χ1) is 14.0. The molecule has 0 saturated carbocycles. The topological polar surface area (TPSA) is 86.6 Å². The highest BCUT2D eigenvalue weighted by Gasteiger charge is 2.17. The number of aromatic nitrogens is 1. The molecule has 0 aliphatic heterocycles. The molecule has 0 radical (unpaired) electrons. The number of esters is 1. The number of carbonyl (C=O) groups is 2. The van der Waals surface area contributed by atoms with Crippen molar-refractivity contribution in [2.24, 2.45) is 0 Å². The number of nitrogens with zero attached hydrogens (tertiary/aromatic N) is 1. The summed E-state index contributed by atoms with van der Waals surface area (Å²) in [7, 11) is 1.25. The van der Waals surface area contributed by atoms with Crippen molar-refractivity contribution in [1.82, 2.24) is 4.73 Å². The Morgan fingerprint density at radius 2 is 1.66 bits per heavy atom. The third kappa shape index (κ3) is 4.70. The molecular formula is C22H20N2O5. The van der Waals surface area contributed by atoms with Gasteiger partial charge in [-0.15, -0.1) is 0 Å². The summed E-state index contributed by atoms with van der Waals surface area (Å²) in [4.78, 5) is 42.7. The van der Waals surface area contributed by atoms with Crippen LogP contribution < -0.4 is 15.7 Å². The van der Waals surface area contributed by atoms with Crippen LogP contribution in [0.1, 0.15) is 31.8 Å². The van der Waals surface area contributed by atoms with Gasteiger partial charge in [0.2, 0.25) is 0 Å². The maximum absolute atomic E-state index is 12.6. The minimum absolute atomic E-state index is 0.115. The summed E-state index contributed by atoms with van der Waals surface area (Å²) in [6.07, 6.45) is 1.44. The normalized spacial score (nSPS) is 10.3. The molecule has 0 bridgehead atoms. The zero-order valence-electron chi connectivity index (χ0n) is 16.0. The van der Waals surface area contributed by atoms with Gasteiger partial charge in [0.05, 0.1) is 18.4 Å². The first kappa shape index (κ1) is 19.9. The van der Waals surface area contributed by atoms with Gasteiger partial charge >= 0.3 is 5.97 Å². The van der Waals surface area contributed by atoms with Gasteiger partial charge in [0.1, 0.15) is 12.2 Å². The van der Waals surface area contributed by atoms with E-state index in [4.69, 9.17) is 9.57 Å². The van der Waals surface area contributed by atoms with Gasteiger partial charge in [-0.25, -0.2) is 4.79 Å². The van der Waals surface area contributed by atoms with Gasteiger partial charge in [-0.3, -0.25) is 9.59 Å². The molecule has 1 amide bonds. The zero-order chi connectivity index (χ0) is 20.8. The second kappa shape index (κ2) is 8.88. The standard InChI is InChI=1S/C22H20N2O5/c1-15-9-11-16(12-10-15)14-29-24-13-5-7-18(21(24)26)20(25)23-19-8-4-3-6-17(19)22(27)28-2/h3-13H,14H2,1-2H3,(H,23,25). The van der Waals surface area contributed by atoms with Gasteiger partial charge < -0.3 is 14.9 Å². The van der Waals surface area contributed by atoms with E-state index in [1.165, 1.54) is 31.5 Å². The average molecular weight is 392 g/mol. The molecule has 0 fully saturated rings. The molecule has 1 heterocycles. The molecule has 0 spiro atoms. The summed E-state index contributed by atoms with van der Waals surface area (Å²) in [5.41, 5.74) is 1.74. The van der Waals surface area contributed by atoms with E-state index in [1.54, 1.807) is 18.2 Å². The van der Waals surface area contributed by atoms with Gasteiger partial charge in [0.15, 0.2) is 0 Å². The molecule has 0 aliphatic carbocycles. The van der Waals surface area contributed by atoms with Crippen LogP contribution in [-0.2, 0) is 11.3 Å². The van der Waals surface area contributed by atoms with E-state index in [1.807, 2.05) is 31.2 Å². The number of carbonyl (C=O) groups excluding carboxylic acids is 2. The van der Waals surface area contributed by atoms with E-state index in [2.05, 4.69) is 5.32 Å². The molecule has 0 saturated heterocycles. The van der Waals surface area contributed by atoms with Crippen LogP contribution in [-0.4, -0.2) is 23.7 Å². The lowest BCUT2D eigenvalue weighted by molar-refractivity contribution is 0.0602. The Morgan fingerprint density at radius 3 is 2.38 bits per heavy atom. The van der Waals surface area contributed by atoms with Crippen molar-refractivity contribution in [3.8, 4) is 0 Å². The summed E-state index contributed by atoms with van der Waals surface area (Å²) >= 11 is 0. The number of pyridine rings is 1. The molecular weight excluding hydrogens is 372 g/mol. The van der Waals surface area contributed by atoms with E-state index < -0.39 is 17.4 Å². The fourth-order valence-electron chi connectivity index (χ4n) is 2.65. The minimum Gasteiger partial charge on any atom is -0.465 e. The Bertz CT molecular complexity index is 1090. The molecule has 7 nitrogen and oxygen atoms in total. The third-order valence-electron chi connectivity index (χ3n) is 4.23. The molecule has 2 aromatic carbocycles. The fourth-order valence-corrected chi connectivity index (χ4v) is 2.65. The fraction of sp³-hybridized carbons (Fsp3) is 0.136. The van der Waals surface area contributed by atoms with Crippen molar-refractivity contribution in [3.05, 3.63) is 99.5 Å². The monoisotopic (exact) mass is 392 g/mol. The highest BCUT2D eigenvalue weighted by Crippen LogP contribution is 2.16. The van der Waals surface area contributed by atoms with E-state index in [-0.39, 0.29) is 23.4 Å². The first-order valence-corrected chi connectivity index (χ1v) is 8.89. The van der Waals surface area contributed by atoms with Gasteiger partial charge in [0.25, 0.3) is 11.5 Å². The number of methoxy groups -OCH3 is 1. The maximum atomic E-state index is 12.6. The molecule has 7 heteroatoms. The van der Waals surface area contributed by atoms with Crippen molar-refractivity contribution in [3.63, 3.8) is 0 Å². The maximum Gasteiger partial charge on any atom is 0.339 e. The number of nitrogens with one attached hydrogen (secondary N) is 1. The Kier molecular flexibility index (Phi) is 6.09. The number of benzene rings is 2. The van der Waals surface area contributed by atoms with Crippen molar-refractivity contribution in [2.75, 3.05) is 12.4 Å². The smallest absolute Gasteiger partial charge is 0.339 e. The van der Waals surface area contributed by atoms with Crippen LogP contribution in [0.25, 0.3) is 0 Å². The van der Waals surface area contributed by atoms with Gasteiger partial charge in [-0.1, -0.05) is 42.0 Å². The van der Waals surface area contributed by atoms with Crippen LogP contribution >= 0.6 is 0 Å². The predicted molar refractivity (Wildman–Crippen MR) is 108 cm³/mol. The van der Waals surface area contributed by atoms with Crippen LogP contribution in [0, 0.1) is 6.92 Å². The molecule has 1 N–H and O–H groups in total. The molecule has 3 aromatic rings. The van der Waals surface area contributed by atoms with Crippen LogP contribution in [0.15, 0.2) is 71.7 Å². The second-order valence-electron chi connectivity index (χ2n) is 6.30. The molecule has 0 atom stereocenters. The lowest BCUT2D eigenvalue weighted by atomic mass is 10.1. The summed E-state index contributed by atoms with van der Waals surface area (Å²) in [6, 6.07) is 17.0. The zero-order valence-corrected chi connectivity index (χ0v) is 16.0. The first-order valence-electron chi connectivity index (χ1n) is 8.89. The SMILES string of the molecule is COC(=O)c1ccccc1NC(=O)c1cccn(OCc2ccc(C)cc2)c1=O. The van der Waals surface area contributed by atoms with Crippen LogP contribution in [0.3, 0.4) is 0 Å². The second-order valence-corrected chi connectivity index (χ2v) is 6.30. The van der Waals surface area contributed by atoms with Gasteiger partial charge in [-0.2, -0.15) is 4.73 Å².